The lowest BCUT2D eigenvalue weighted by atomic mass is 10.1. The molecule has 0 spiro atoms. The Labute approximate surface area is 450 Å². The van der Waals surface area contributed by atoms with Crippen molar-refractivity contribution in [2.45, 2.75) is 93.1 Å². The first-order valence-corrected chi connectivity index (χ1v) is 25.6. The average Bonchev–Trinajstić information content (AvgIpc) is 4.25. The second-order valence-electron chi connectivity index (χ2n) is 18.4. The molecule has 0 fully saturated rings. The zero-order chi connectivity index (χ0) is 55.9. The minimum absolute atomic E-state index is 0.0127. The van der Waals surface area contributed by atoms with Crippen LogP contribution in [0.2, 0.25) is 0 Å². The molecule has 8 rings (SSSR count). The van der Waals surface area contributed by atoms with Crippen molar-refractivity contribution in [3.8, 4) is 23.0 Å². The van der Waals surface area contributed by atoms with Crippen molar-refractivity contribution in [1.82, 2.24) is 37.8 Å². The zero-order valence-corrected chi connectivity index (χ0v) is 45.6. The van der Waals surface area contributed by atoms with Crippen LogP contribution in [0.25, 0.3) is 22.1 Å². The van der Waals surface area contributed by atoms with Gasteiger partial charge in [0.2, 0.25) is 23.1 Å². The quantitative estimate of drug-likeness (QED) is 0.0784. The highest BCUT2D eigenvalue weighted by Crippen LogP contribution is 2.32. The summed E-state index contributed by atoms with van der Waals surface area (Å²) in [6, 6.07) is 24.5. The third-order valence-corrected chi connectivity index (χ3v) is 13.3. The fraction of sp³-hybridized carbons (Fsp3) is 0.357. The second-order valence-corrected chi connectivity index (χ2v) is 18.4. The molecular weight excluding hydrogens is 1000 g/mol. The summed E-state index contributed by atoms with van der Waals surface area (Å²) in [6.45, 7) is 12.5. The summed E-state index contributed by atoms with van der Waals surface area (Å²) in [5.74, 6) is -0.657. The average molecular weight is 1070 g/mol. The Kier molecular flexibility index (Phi) is 17.1. The van der Waals surface area contributed by atoms with Gasteiger partial charge in [0.15, 0.2) is 0 Å². The van der Waals surface area contributed by atoms with Gasteiger partial charge in [0.1, 0.15) is 70.8 Å². The number of hydrogen-bond donors (Lipinski definition) is 2. The minimum atomic E-state index is -0.854. The number of primary amides is 2. The lowest BCUT2D eigenvalue weighted by molar-refractivity contribution is -0.0801. The van der Waals surface area contributed by atoms with E-state index in [1.54, 1.807) is 97.1 Å². The van der Waals surface area contributed by atoms with E-state index in [0.717, 1.165) is 11.1 Å². The van der Waals surface area contributed by atoms with E-state index in [1.165, 1.54) is 0 Å². The predicted octanol–water partition coefficient (Wildman–Crippen LogP) is 5.69. The molecule has 0 aliphatic heterocycles. The minimum Gasteiger partial charge on any atom is -0.497 e. The molecule has 4 heterocycles. The summed E-state index contributed by atoms with van der Waals surface area (Å²) in [7, 11) is 6.64. The van der Waals surface area contributed by atoms with Gasteiger partial charge in [0, 0.05) is 51.5 Å². The maximum absolute atomic E-state index is 14.4. The molecular formula is C56H66N12O10. The van der Waals surface area contributed by atoms with Crippen LogP contribution in [-0.2, 0) is 63.0 Å². The van der Waals surface area contributed by atoms with Gasteiger partial charge in [-0.05, 0) is 113 Å². The number of ether oxygens (including phenoxy) is 6. The van der Waals surface area contributed by atoms with Crippen molar-refractivity contribution in [3.05, 3.63) is 141 Å². The largest absolute Gasteiger partial charge is 0.497 e. The second kappa shape index (κ2) is 24.1. The first-order chi connectivity index (χ1) is 37.5. The molecule has 4 aromatic heterocycles. The third kappa shape index (κ3) is 11.6. The number of fused-ring (bicyclic) bond motifs is 2. The molecule has 0 saturated carbocycles. The molecule has 410 valence electrons. The molecule has 8 aromatic rings. The third-order valence-electron chi connectivity index (χ3n) is 13.3. The van der Waals surface area contributed by atoms with E-state index in [1.807, 2.05) is 85.4 Å². The van der Waals surface area contributed by atoms with Crippen molar-refractivity contribution < 1.29 is 47.6 Å². The van der Waals surface area contributed by atoms with E-state index >= 15 is 0 Å². The van der Waals surface area contributed by atoms with Crippen LogP contribution in [-0.4, -0.2) is 101 Å². The van der Waals surface area contributed by atoms with Crippen LogP contribution in [0.4, 0.5) is 0 Å². The summed E-state index contributed by atoms with van der Waals surface area (Å²) < 4.78 is 47.6. The first kappa shape index (κ1) is 55.5. The van der Waals surface area contributed by atoms with E-state index in [4.69, 9.17) is 49.9 Å². The smallest absolute Gasteiger partial charge is 0.298 e. The Bertz CT molecular complexity index is 3430. The van der Waals surface area contributed by atoms with E-state index in [-0.39, 0.29) is 84.8 Å². The van der Waals surface area contributed by atoms with Crippen molar-refractivity contribution in [3.63, 3.8) is 0 Å². The molecule has 0 saturated heterocycles. The molecule has 22 heteroatoms. The van der Waals surface area contributed by atoms with Crippen molar-refractivity contribution in [2.24, 2.45) is 35.5 Å². The molecule has 0 bridgehead atoms. The molecule has 4 N–H and O–H groups in total. The number of aryl methyl sites for hydroxylation is 6. The number of carbonyl (C=O) groups excluding carboxylic acids is 4. The number of methoxy groups -OCH3 is 2. The SMILES string of the molecule is CCO[C@@H](Cn1/c(=N/C(=O)c2cc(C)nn2CC)n(C)c2cc(C(N)=O)cc(OCc3ccc(OC)cc3)c21)[C@H](Cn1/c(=N/C(=O)c2cc(C)nn2CC)n(C)c2cc(C(N)=O)cc(OCc3ccc(OC)cc3)c21)OCC. The van der Waals surface area contributed by atoms with Gasteiger partial charge in [0.25, 0.3) is 11.8 Å². The molecule has 4 amide bonds. The Morgan fingerprint density at radius 1 is 0.564 bits per heavy atom. The number of imidazole rings is 2. The van der Waals surface area contributed by atoms with Gasteiger partial charge in [-0.1, -0.05) is 24.3 Å². The standard InChI is InChI=1S/C56H66N12O10/c1-11-67-43(23-33(5)61-67)53(71)59-55-63(7)41-25-37(51(57)69)27-45(77-31-35-15-19-39(73-9)20-16-35)49(41)65(55)29-47(75-13-3)48(76-14-4)30-66-50-42(64(8)56(66)60-54(72)44-24-34(6)62-68(44)12-2)26-38(52(58)70)28-46(50)78-32-36-17-21-40(74-10)22-18-36/h15-28,47-48H,11-14,29-32H2,1-10H3,(H2,57,69)(H2,58,70)/b59-55+,60-56+/t47-,48-/m0/s1. The normalized spacial score (nSPS) is 12.8. The Balaban J connectivity index is 1.34. The number of aromatic nitrogens is 8. The monoisotopic (exact) mass is 1070 g/mol. The van der Waals surface area contributed by atoms with Gasteiger partial charge in [-0.3, -0.25) is 28.5 Å². The fourth-order valence-electron chi connectivity index (χ4n) is 9.46. The summed E-state index contributed by atoms with van der Waals surface area (Å²) in [4.78, 5) is 64.5. The summed E-state index contributed by atoms with van der Waals surface area (Å²) in [6.07, 6.45) is -1.71. The summed E-state index contributed by atoms with van der Waals surface area (Å²) >= 11 is 0. The maximum Gasteiger partial charge on any atom is 0.298 e. The number of rotatable bonds is 23. The van der Waals surface area contributed by atoms with Gasteiger partial charge in [-0.25, -0.2) is 0 Å². The van der Waals surface area contributed by atoms with Crippen molar-refractivity contribution in [1.29, 1.82) is 0 Å². The molecule has 0 radical (unpaired) electrons. The number of amides is 4. The van der Waals surface area contributed by atoms with Gasteiger partial charge >= 0.3 is 0 Å². The Morgan fingerprint density at radius 3 is 1.26 bits per heavy atom. The molecule has 0 aliphatic rings. The number of carbonyl (C=O) groups is 4. The van der Waals surface area contributed by atoms with E-state index < -0.39 is 35.8 Å². The van der Waals surface area contributed by atoms with Crippen LogP contribution < -0.4 is 41.7 Å². The fourth-order valence-corrected chi connectivity index (χ4v) is 9.46. The van der Waals surface area contributed by atoms with E-state index in [2.05, 4.69) is 10.2 Å². The molecule has 22 nitrogen and oxygen atoms in total. The van der Waals surface area contributed by atoms with Crippen LogP contribution in [0.15, 0.2) is 94.9 Å². The first-order valence-electron chi connectivity index (χ1n) is 25.6. The topological polar surface area (TPSA) is 256 Å². The number of benzene rings is 4. The van der Waals surface area contributed by atoms with Gasteiger partial charge in [-0.2, -0.15) is 20.2 Å². The van der Waals surface area contributed by atoms with E-state index in [9.17, 15) is 19.2 Å². The van der Waals surface area contributed by atoms with Crippen molar-refractivity contribution >= 4 is 45.7 Å². The van der Waals surface area contributed by atoms with Crippen LogP contribution >= 0.6 is 0 Å². The molecule has 0 aliphatic carbocycles. The van der Waals surface area contributed by atoms with E-state index in [0.29, 0.717) is 58.0 Å². The lowest BCUT2D eigenvalue weighted by Crippen LogP contribution is -2.43. The van der Waals surface area contributed by atoms with Gasteiger partial charge < -0.3 is 58.2 Å². The molecule has 78 heavy (non-hydrogen) atoms. The number of hydrogen-bond acceptors (Lipinski definition) is 12. The summed E-state index contributed by atoms with van der Waals surface area (Å²) in [5, 5.41) is 9.01. The lowest BCUT2D eigenvalue weighted by Gasteiger charge is -2.28. The van der Waals surface area contributed by atoms with Crippen LogP contribution in [0.1, 0.15) is 91.9 Å². The zero-order valence-electron chi connectivity index (χ0n) is 45.6. The Hall–Kier alpha value is -8.76. The van der Waals surface area contributed by atoms with Crippen LogP contribution in [0.3, 0.4) is 0 Å². The number of nitrogens with two attached hydrogens (primary N) is 2. The maximum atomic E-state index is 14.4. The van der Waals surface area contributed by atoms with Crippen molar-refractivity contribution in [2.75, 3.05) is 27.4 Å². The predicted molar refractivity (Wildman–Crippen MR) is 289 cm³/mol. The van der Waals surface area contributed by atoms with Gasteiger partial charge in [-0.15, -0.1) is 0 Å². The molecule has 0 unspecified atom stereocenters. The highest BCUT2D eigenvalue weighted by molar-refractivity contribution is 6.00. The van der Waals surface area contributed by atoms with Crippen LogP contribution in [0.5, 0.6) is 23.0 Å². The van der Waals surface area contributed by atoms with Crippen LogP contribution in [0, 0.1) is 13.8 Å². The highest BCUT2D eigenvalue weighted by atomic mass is 16.5. The Morgan fingerprint density at radius 2 is 0.936 bits per heavy atom. The van der Waals surface area contributed by atoms with Gasteiger partial charge in [0.05, 0.1) is 49.7 Å². The summed E-state index contributed by atoms with van der Waals surface area (Å²) in [5.41, 5.74) is 17.9. The number of nitrogens with zero attached hydrogens (tertiary/aromatic N) is 10. The molecule has 2 atom stereocenters. The highest BCUT2D eigenvalue weighted by Gasteiger charge is 2.31. The molecule has 4 aromatic carbocycles.